The molecule has 0 unspecified atom stereocenters. The van der Waals surface area contributed by atoms with Crippen molar-refractivity contribution in [3.05, 3.63) is 43.6 Å². The minimum Gasteiger partial charge on any atom is -0.504 e. The fraction of sp³-hybridized carbons (Fsp3) is 0. The van der Waals surface area contributed by atoms with Gasteiger partial charge in [0.1, 0.15) is 0 Å². The number of nitrogens with zero attached hydrogens (tertiary/aromatic N) is 2. The molecule has 0 saturated heterocycles. The van der Waals surface area contributed by atoms with Crippen LogP contribution in [0.25, 0.3) is 6.08 Å². The lowest BCUT2D eigenvalue weighted by Crippen LogP contribution is -2.10. The molecule has 0 fully saturated rings. The number of aromatic hydroxyl groups is 2. The Morgan fingerprint density at radius 3 is 2.21 bits per heavy atom. The van der Waals surface area contributed by atoms with E-state index in [4.69, 9.17) is 10.2 Å². The van der Waals surface area contributed by atoms with E-state index in [1.807, 2.05) is 0 Å². The van der Waals surface area contributed by atoms with Gasteiger partial charge in [-0.1, -0.05) is 0 Å². The highest BCUT2D eigenvalue weighted by molar-refractivity contribution is 5.90. The molecular weight excluding hydrogens is 264 g/mol. The maximum atomic E-state index is 10.7. The Kier molecular flexibility index (Phi) is 3.65. The van der Waals surface area contributed by atoms with E-state index >= 15 is 0 Å². The number of carboxylic acid groups (broad SMARTS) is 1. The van der Waals surface area contributed by atoms with Gasteiger partial charge in [-0.3, -0.25) is 20.2 Å². The van der Waals surface area contributed by atoms with Gasteiger partial charge in [-0.25, -0.2) is 4.79 Å². The summed E-state index contributed by atoms with van der Waals surface area (Å²) < 4.78 is 0. The molecule has 0 amide bonds. The molecular formula is C9H6N2O8. The van der Waals surface area contributed by atoms with E-state index in [1.54, 1.807) is 0 Å². The summed E-state index contributed by atoms with van der Waals surface area (Å²) in [7, 11) is 0. The summed E-state index contributed by atoms with van der Waals surface area (Å²) >= 11 is 0. The Hall–Kier alpha value is -3.17. The predicted octanol–water partition coefficient (Wildman–Crippen LogP) is 0.708. The molecule has 0 spiro atoms. The maximum absolute atomic E-state index is 10.7. The minimum absolute atomic E-state index is 0.416. The van der Waals surface area contributed by atoms with Crippen LogP contribution < -0.4 is 0 Å². The van der Waals surface area contributed by atoms with Crippen LogP contribution in [-0.2, 0) is 4.79 Å². The van der Waals surface area contributed by atoms with Crippen LogP contribution in [0.1, 0.15) is 5.56 Å². The molecule has 10 heteroatoms. The van der Waals surface area contributed by atoms with Gasteiger partial charge >= 0.3 is 17.4 Å². The molecule has 0 bridgehead atoms. The number of rotatable bonds is 4. The standard InChI is InChI=1S/C9H6N2O8/c12-6-2-1-4(7(8(6)13)11(18)19)3-5(9(14)15)10(16)17/h1-3,12-13H,(H,14,15)/b5-3+. The molecule has 19 heavy (non-hydrogen) atoms. The Bertz CT molecular complexity index is 590. The van der Waals surface area contributed by atoms with Crippen molar-refractivity contribution in [2.45, 2.75) is 0 Å². The average Bonchev–Trinajstić information content (AvgIpc) is 2.28. The van der Waals surface area contributed by atoms with Crippen LogP contribution >= 0.6 is 0 Å². The second-order valence-electron chi connectivity index (χ2n) is 3.22. The summed E-state index contributed by atoms with van der Waals surface area (Å²) in [6, 6.07) is 1.72. The van der Waals surface area contributed by atoms with Gasteiger partial charge in [0.05, 0.1) is 15.4 Å². The number of phenols is 2. The third-order valence-electron chi connectivity index (χ3n) is 2.05. The van der Waals surface area contributed by atoms with E-state index in [0.717, 1.165) is 12.1 Å². The van der Waals surface area contributed by atoms with Crippen molar-refractivity contribution < 1.29 is 30.0 Å². The van der Waals surface area contributed by atoms with Crippen LogP contribution in [0.2, 0.25) is 0 Å². The second kappa shape index (κ2) is 5.00. The highest BCUT2D eigenvalue weighted by atomic mass is 16.6. The summed E-state index contributed by atoms with van der Waals surface area (Å²) in [5.74, 6) is -3.81. The van der Waals surface area contributed by atoms with E-state index in [1.165, 1.54) is 0 Å². The van der Waals surface area contributed by atoms with Crippen LogP contribution in [0.4, 0.5) is 5.69 Å². The molecule has 0 saturated carbocycles. The molecule has 0 radical (unpaired) electrons. The third-order valence-corrected chi connectivity index (χ3v) is 2.05. The van der Waals surface area contributed by atoms with Crippen molar-refractivity contribution in [1.29, 1.82) is 0 Å². The van der Waals surface area contributed by atoms with Gasteiger partial charge in [-0.15, -0.1) is 0 Å². The Labute approximate surface area is 104 Å². The van der Waals surface area contributed by atoms with Crippen LogP contribution in [0.3, 0.4) is 0 Å². The molecule has 1 rings (SSSR count). The van der Waals surface area contributed by atoms with Crippen molar-refractivity contribution in [3.63, 3.8) is 0 Å². The number of carbonyl (C=O) groups is 1. The highest BCUT2D eigenvalue weighted by Gasteiger charge is 2.27. The number of hydrogen-bond donors (Lipinski definition) is 3. The number of hydrogen-bond acceptors (Lipinski definition) is 7. The third kappa shape index (κ3) is 2.74. The Morgan fingerprint density at radius 2 is 1.79 bits per heavy atom. The second-order valence-corrected chi connectivity index (χ2v) is 3.22. The first-order valence-corrected chi connectivity index (χ1v) is 4.54. The van der Waals surface area contributed by atoms with Crippen molar-refractivity contribution >= 4 is 17.7 Å². The van der Waals surface area contributed by atoms with Gasteiger partial charge in [0.25, 0.3) is 0 Å². The first-order valence-electron chi connectivity index (χ1n) is 4.54. The number of carboxylic acids is 1. The zero-order valence-corrected chi connectivity index (χ0v) is 9.01. The van der Waals surface area contributed by atoms with Gasteiger partial charge in [0.15, 0.2) is 5.75 Å². The van der Waals surface area contributed by atoms with Gasteiger partial charge in [0.2, 0.25) is 5.75 Å². The van der Waals surface area contributed by atoms with E-state index in [2.05, 4.69) is 0 Å². The fourth-order valence-electron chi connectivity index (χ4n) is 1.23. The van der Waals surface area contributed by atoms with E-state index in [0.29, 0.717) is 6.08 Å². The maximum Gasteiger partial charge on any atom is 0.407 e. The van der Waals surface area contributed by atoms with Crippen LogP contribution in [0.5, 0.6) is 11.5 Å². The first-order chi connectivity index (χ1) is 8.75. The predicted molar refractivity (Wildman–Crippen MR) is 59.0 cm³/mol. The zero-order valence-electron chi connectivity index (χ0n) is 9.01. The van der Waals surface area contributed by atoms with Crippen LogP contribution in [-0.4, -0.2) is 31.1 Å². The summed E-state index contributed by atoms with van der Waals surface area (Å²) in [4.78, 5) is 29.4. The number of benzene rings is 1. The smallest absolute Gasteiger partial charge is 0.407 e. The fourth-order valence-corrected chi connectivity index (χ4v) is 1.23. The summed E-state index contributed by atoms with van der Waals surface area (Å²) in [5.41, 5.74) is -2.86. The Morgan fingerprint density at radius 1 is 1.21 bits per heavy atom. The summed E-state index contributed by atoms with van der Waals surface area (Å²) in [6.07, 6.45) is 0.416. The van der Waals surface area contributed by atoms with Gasteiger partial charge in [-0.2, -0.15) is 0 Å². The molecule has 0 heterocycles. The normalized spacial score (nSPS) is 11.1. The number of nitro groups is 2. The first kappa shape index (κ1) is 13.9. The van der Waals surface area contributed by atoms with Gasteiger partial charge in [-0.05, 0) is 12.1 Å². The molecule has 0 aliphatic rings. The number of nitro benzene ring substituents is 1. The topological polar surface area (TPSA) is 164 Å². The zero-order chi connectivity index (χ0) is 14.7. The number of phenolic OH excluding ortho intramolecular Hbond substituents is 2. The summed E-state index contributed by atoms with van der Waals surface area (Å²) in [5, 5.41) is 48.1. The molecule has 1 aromatic rings. The SMILES string of the molecule is O=C(O)/C(=C\c1ccc(O)c(O)c1[N+](=O)[O-])[N+](=O)[O-]. The lowest BCUT2D eigenvalue weighted by atomic mass is 10.1. The van der Waals surface area contributed by atoms with Gasteiger partial charge in [0, 0.05) is 6.08 Å². The molecule has 10 nitrogen and oxygen atoms in total. The van der Waals surface area contributed by atoms with Crippen molar-refractivity contribution in [1.82, 2.24) is 0 Å². The molecule has 0 aliphatic heterocycles. The van der Waals surface area contributed by atoms with Crippen molar-refractivity contribution in [3.8, 4) is 11.5 Å². The molecule has 0 atom stereocenters. The van der Waals surface area contributed by atoms with Crippen LogP contribution in [0, 0.1) is 20.2 Å². The number of aliphatic carboxylic acids is 1. The molecule has 3 N–H and O–H groups in total. The van der Waals surface area contributed by atoms with Crippen molar-refractivity contribution in [2.75, 3.05) is 0 Å². The van der Waals surface area contributed by atoms with Crippen LogP contribution in [0.15, 0.2) is 17.8 Å². The van der Waals surface area contributed by atoms with E-state index in [-0.39, 0.29) is 0 Å². The molecule has 100 valence electrons. The molecule has 0 aliphatic carbocycles. The van der Waals surface area contributed by atoms with Gasteiger partial charge < -0.3 is 15.3 Å². The van der Waals surface area contributed by atoms with E-state index in [9.17, 15) is 30.1 Å². The lowest BCUT2D eigenvalue weighted by Gasteiger charge is -2.02. The lowest BCUT2D eigenvalue weighted by molar-refractivity contribution is -0.419. The summed E-state index contributed by atoms with van der Waals surface area (Å²) in [6.45, 7) is 0. The molecule has 1 aromatic carbocycles. The Balaban J connectivity index is 3.56. The average molecular weight is 270 g/mol. The monoisotopic (exact) mass is 270 g/mol. The molecule has 0 aromatic heterocycles. The quantitative estimate of drug-likeness (QED) is 0.311. The minimum atomic E-state index is -1.90. The highest BCUT2D eigenvalue weighted by Crippen LogP contribution is 2.38. The largest absolute Gasteiger partial charge is 0.504 e. The van der Waals surface area contributed by atoms with E-state index < -0.39 is 44.3 Å². The van der Waals surface area contributed by atoms with Crippen molar-refractivity contribution in [2.24, 2.45) is 0 Å².